The first-order chi connectivity index (χ1) is 12.9. The highest BCUT2D eigenvalue weighted by Gasteiger charge is 1.95. The summed E-state index contributed by atoms with van der Waals surface area (Å²) in [6, 6.07) is 0. The molecule has 0 bridgehead atoms. The Morgan fingerprint density at radius 2 is 0.500 bits per heavy atom. The smallest absolute Gasteiger partial charge is 0.0223 e. The molecule has 0 radical (unpaired) electrons. The third kappa shape index (κ3) is 24.6. The van der Waals surface area contributed by atoms with Crippen molar-refractivity contribution in [2.45, 2.75) is 141 Å². The van der Waals surface area contributed by atoms with Crippen molar-refractivity contribution in [3.8, 4) is 0 Å². The van der Waals surface area contributed by atoms with Gasteiger partial charge in [-0.05, 0) is 18.6 Å². The molecule has 0 N–H and O–H groups in total. The molecule has 0 aromatic heterocycles. The average Bonchev–Trinajstić information content (AvgIpc) is 2.66. The predicted octanol–water partition coefficient (Wildman–Crippen LogP) is 9.74. The van der Waals surface area contributed by atoms with Crippen LogP contribution >= 0.6 is 24.2 Å². The van der Waals surface area contributed by atoms with E-state index in [1.165, 1.54) is 141 Å². The molecule has 0 saturated carbocycles. The van der Waals surface area contributed by atoms with Crippen LogP contribution in [0.15, 0.2) is 0 Å². The van der Waals surface area contributed by atoms with Crippen LogP contribution in [0.3, 0.4) is 0 Å². The number of hydrogen-bond acceptors (Lipinski definition) is 1. The van der Waals surface area contributed by atoms with E-state index < -0.39 is 0 Å². The van der Waals surface area contributed by atoms with Gasteiger partial charge < -0.3 is 0 Å². The molecule has 0 spiro atoms. The van der Waals surface area contributed by atoms with Crippen LogP contribution in [0.5, 0.6) is 0 Å². The van der Waals surface area contributed by atoms with Crippen LogP contribution in [0.4, 0.5) is 0 Å². The Kier molecular flexibility index (Phi) is 26.3. The zero-order chi connectivity index (χ0) is 19.0. The summed E-state index contributed by atoms with van der Waals surface area (Å²) in [5, 5.41) is 0. The van der Waals surface area contributed by atoms with Gasteiger partial charge >= 0.3 is 0 Å². The van der Waals surface area contributed by atoms with Gasteiger partial charge in [0.2, 0.25) is 0 Å². The fraction of sp³-hybridized carbons (Fsp3) is 1.00. The first kappa shape index (κ1) is 26.6. The Morgan fingerprint density at radius 3 is 0.692 bits per heavy atom. The molecule has 0 rings (SSSR count). The van der Waals surface area contributed by atoms with E-state index in [1.54, 1.807) is 0 Å². The molecule has 0 aliphatic carbocycles. The summed E-state index contributed by atoms with van der Waals surface area (Å²) >= 11 is 9.96. The molecule has 158 valence electrons. The van der Waals surface area contributed by atoms with E-state index in [0.717, 1.165) is 11.6 Å². The second-order valence-electron chi connectivity index (χ2n) is 8.19. The molecule has 0 nitrogen and oxygen atoms in total. The third-order valence-corrected chi connectivity index (χ3v) is 6.13. The van der Waals surface area contributed by atoms with E-state index in [1.807, 2.05) is 0 Å². The lowest BCUT2D eigenvalue weighted by molar-refractivity contribution is 0.520. The third-order valence-electron chi connectivity index (χ3n) is 5.54. The van der Waals surface area contributed by atoms with Crippen LogP contribution < -0.4 is 0 Å². The molecule has 0 aliphatic heterocycles. The number of thiol groups is 1. The van der Waals surface area contributed by atoms with Gasteiger partial charge in [-0.25, -0.2) is 0 Å². The fourth-order valence-corrected chi connectivity index (χ4v) is 4.15. The van der Waals surface area contributed by atoms with Gasteiger partial charge in [0.1, 0.15) is 0 Å². The predicted molar refractivity (Wildman–Crippen MR) is 126 cm³/mol. The van der Waals surface area contributed by atoms with Gasteiger partial charge in [0.05, 0.1) is 0 Å². The molecule has 0 heterocycles. The maximum atomic E-state index is 5.69. The van der Waals surface area contributed by atoms with Crippen molar-refractivity contribution < 1.29 is 0 Å². The van der Waals surface area contributed by atoms with E-state index in [2.05, 4.69) is 12.6 Å². The minimum atomic E-state index is 0.844. The average molecular weight is 405 g/mol. The van der Waals surface area contributed by atoms with Crippen molar-refractivity contribution in [1.29, 1.82) is 0 Å². The summed E-state index contributed by atoms with van der Waals surface area (Å²) < 4.78 is 0. The number of unbranched alkanes of at least 4 members (excludes halogenated alkanes) is 21. The lowest BCUT2D eigenvalue weighted by Gasteiger charge is -2.04. The molecule has 0 aromatic carbocycles. The van der Waals surface area contributed by atoms with Crippen LogP contribution in [0.1, 0.15) is 141 Å². The van der Waals surface area contributed by atoms with Gasteiger partial charge in [0.25, 0.3) is 0 Å². The summed E-state index contributed by atoms with van der Waals surface area (Å²) in [5.41, 5.74) is 0. The first-order valence-electron chi connectivity index (χ1n) is 12.1. The molecule has 0 atom stereocenters. The molecule has 0 unspecified atom stereocenters. The van der Waals surface area contributed by atoms with Crippen LogP contribution in [0, 0.1) is 0 Å². The van der Waals surface area contributed by atoms with Gasteiger partial charge in [-0.15, -0.1) is 11.6 Å². The van der Waals surface area contributed by atoms with E-state index in [4.69, 9.17) is 11.6 Å². The Labute approximate surface area is 177 Å². The van der Waals surface area contributed by atoms with Crippen molar-refractivity contribution in [3.05, 3.63) is 0 Å². The van der Waals surface area contributed by atoms with Gasteiger partial charge in [-0.2, -0.15) is 12.6 Å². The topological polar surface area (TPSA) is 0 Å². The lowest BCUT2D eigenvalue weighted by Crippen LogP contribution is -1.84. The largest absolute Gasteiger partial charge is 0.179 e. The molecule has 0 saturated heterocycles. The Bertz CT molecular complexity index is 208. The molecular weight excluding hydrogens is 356 g/mol. The molecule has 0 fully saturated rings. The number of halogens is 1. The summed E-state index contributed by atoms with van der Waals surface area (Å²) in [6.45, 7) is 0. The zero-order valence-electron chi connectivity index (χ0n) is 17.8. The van der Waals surface area contributed by atoms with Crippen molar-refractivity contribution in [1.82, 2.24) is 0 Å². The first-order valence-corrected chi connectivity index (χ1v) is 13.3. The van der Waals surface area contributed by atoms with E-state index in [0.29, 0.717) is 0 Å². The van der Waals surface area contributed by atoms with Gasteiger partial charge in [-0.3, -0.25) is 0 Å². The SMILES string of the molecule is SCCCCCCCCCCCCCCCCCCCCCCCCCl. The minimum absolute atomic E-state index is 0.844. The Hall–Kier alpha value is 0.640. The van der Waals surface area contributed by atoms with E-state index >= 15 is 0 Å². The summed E-state index contributed by atoms with van der Waals surface area (Å²) in [6.07, 6.45) is 31.5. The highest BCUT2D eigenvalue weighted by Crippen LogP contribution is 2.15. The number of hydrogen-bond donors (Lipinski definition) is 1. The zero-order valence-corrected chi connectivity index (χ0v) is 19.4. The second-order valence-corrected chi connectivity index (χ2v) is 9.02. The highest BCUT2D eigenvalue weighted by atomic mass is 35.5. The van der Waals surface area contributed by atoms with Gasteiger partial charge in [0.15, 0.2) is 0 Å². The standard InChI is InChI=1S/C24H49ClS/c25-23-21-19-17-15-13-11-9-7-5-3-1-2-4-6-8-10-12-14-16-18-20-22-24-26/h26H,1-24H2. The van der Waals surface area contributed by atoms with E-state index in [-0.39, 0.29) is 0 Å². The quantitative estimate of drug-likeness (QED) is 0.0976. The van der Waals surface area contributed by atoms with Crippen molar-refractivity contribution >= 4 is 24.2 Å². The summed E-state index contributed by atoms with van der Waals surface area (Å²) in [5.74, 6) is 1.91. The molecule has 2 heteroatoms. The van der Waals surface area contributed by atoms with E-state index in [9.17, 15) is 0 Å². The lowest BCUT2D eigenvalue weighted by atomic mass is 10.0. The molecule has 0 aliphatic rings. The summed E-state index contributed by atoms with van der Waals surface area (Å²) in [7, 11) is 0. The van der Waals surface area contributed by atoms with Crippen LogP contribution in [0.2, 0.25) is 0 Å². The van der Waals surface area contributed by atoms with Crippen molar-refractivity contribution in [2.75, 3.05) is 11.6 Å². The Morgan fingerprint density at radius 1 is 0.308 bits per heavy atom. The normalized spacial score (nSPS) is 11.3. The molecule has 0 aromatic rings. The fourth-order valence-electron chi connectivity index (χ4n) is 3.74. The van der Waals surface area contributed by atoms with Gasteiger partial charge in [-0.1, -0.05) is 128 Å². The van der Waals surface area contributed by atoms with Gasteiger partial charge in [0, 0.05) is 5.88 Å². The van der Waals surface area contributed by atoms with Crippen LogP contribution in [-0.2, 0) is 0 Å². The number of rotatable bonds is 23. The molecular formula is C24H49ClS. The van der Waals surface area contributed by atoms with Crippen molar-refractivity contribution in [3.63, 3.8) is 0 Å². The monoisotopic (exact) mass is 404 g/mol. The Balaban J connectivity index is 2.95. The maximum absolute atomic E-state index is 5.69. The van der Waals surface area contributed by atoms with Crippen molar-refractivity contribution in [2.24, 2.45) is 0 Å². The molecule has 26 heavy (non-hydrogen) atoms. The summed E-state index contributed by atoms with van der Waals surface area (Å²) in [4.78, 5) is 0. The van der Waals surface area contributed by atoms with Crippen LogP contribution in [-0.4, -0.2) is 11.6 Å². The number of alkyl halides is 1. The minimum Gasteiger partial charge on any atom is -0.179 e. The maximum Gasteiger partial charge on any atom is 0.0223 e. The highest BCUT2D eigenvalue weighted by molar-refractivity contribution is 7.80. The van der Waals surface area contributed by atoms with Crippen LogP contribution in [0.25, 0.3) is 0 Å². The second kappa shape index (κ2) is 25.6. The molecule has 0 amide bonds.